The molecule has 21 heavy (non-hydrogen) atoms. The lowest BCUT2D eigenvalue weighted by Crippen LogP contribution is -2.25. The molecular formula is C14H23NO4S2. The van der Waals surface area contributed by atoms with Crippen LogP contribution >= 0.6 is 0 Å². The zero-order valence-electron chi connectivity index (χ0n) is 12.9. The number of aryl methyl sites for hydroxylation is 1. The fourth-order valence-corrected chi connectivity index (χ4v) is 4.81. The third-order valence-electron chi connectivity index (χ3n) is 3.14. The summed E-state index contributed by atoms with van der Waals surface area (Å²) in [5.41, 5.74) is 2.03. The van der Waals surface area contributed by atoms with Crippen molar-refractivity contribution in [1.29, 1.82) is 0 Å². The lowest BCUT2D eigenvalue weighted by molar-refractivity contribution is 0.404. The second-order valence-electron chi connectivity index (χ2n) is 5.03. The van der Waals surface area contributed by atoms with Crippen molar-refractivity contribution in [2.24, 2.45) is 0 Å². The summed E-state index contributed by atoms with van der Waals surface area (Å²) in [6.45, 7) is 1.98. The molecule has 2 atom stereocenters. The van der Waals surface area contributed by atoms with E-state index in [0.29, 0.717) is 5.75 Å². The van der Waals surface area contributed by atoms with Gasteiger partial charge in [0.05, 0.1) is 12.9 Å². The summed E-state index contributed by atoms with van der Waals surface area (Å²) in [6, 6.07) is 5.69. The first kappa shape index (κ1) is 18.1. The van der Waals surface area contributed by atoms with Gasteiger partial charge in [-0.1, -0.05) is 17.7 Å². The van der Waals surface area contributed by atoms with Crippen molar-refractivity contribution in [2.45, 2.75) is 13.0 Å². The fourth-order valence-electron chi connectivity index (χ4n) is 1.97. The van der Waals surface area contributed by atoms with E-state index in [2.05, 4.69) is 5.32 Å². The summed E-state index contributed by atoms with van der Waals surface area (Å²) in [5, 5.41) is 3.13. The van der Waals surface area contributed by atoms with Crippen LogP contribution in [0.5, 0.6) is 5.75 Å². The van der Waals surface area contributed by atoms with E-state index < -0.39 is 20.6 Å². The number of benzene rings is 1. The Balaban J connectivity index is 2.84. The summed E-state index contributed by atoms with van der Waals surface area (Å²) < 4.78 is 39.7. The molecule has 0 spiro atoms. The highest BCUT2D eigenvalue weighted by Crippen LogP contribution is 2.26. The van der Waals surface area contributed by atoms with Crippen molar-refractivity contribution in [2.75, 3.05) is 37.7 Å². The van der Waals surface area contributed by atoms with E-state index in [9.17, 15) is 12.6 Å². The molecule has 1 N–H and O–H groups in total. The maximum Gasteiger partial charge on any atom is 0.148 e. The van der Waals surface area contributed by atoms with E-state index in [1.807, 2.05) is 25.1 Å². The Morgan fingerprint density at radius 1 is 1.38 bits per heavy atom. The first-order valence-electron chi connectivity index (χ1n) is 6.61. The number of ether oxygens (including phenoxy) is 1. The standard InChI is InChI=1S/C14H23NO4S2/c1-11-5-6-14(19-3)12(9-11)13(15-2)10-20(16)7-8-21(4,17)18/h5-6,9,13,15H,7-8,10H2,1-4H3. The Bertz CT molecular complexity index is 599. The van der Waals surface area contributed by atoms with Crippen molar-refractivity contribution in [1.82, 2.24) is 5.32 Å². The van der Waals surface area contributed by atoms with E-state index >= 15 is 0 Å². The molecule has 0 amide bonds. The van der Waals surface area contributed by atoms with Gasteiger partial charge >= 0.3 is 0 Å². The molecule has 0 aromatic heterocycles. The molecule has 0 radical (unpaired) electrons. The maximum absolute atomic E-state index is 12.1. The van der Waals surface area contributed by atoms with Crippen LogP contribution in [0.15, 0.2) is 18.2 Å². The lowest BCUT2D eigenvalue weighted by atomic mass is 10.0. The predicted molar refractivity (Wildman–Crippen MR) is 87.1 cm³/mol. The van der Waals surface area contributed by atoms with Crippen LogP contribution in [0.4, 0.5) is 0 Å². The molecule has 1 rings (SSSR count). The van der Waals surface area contributed by atoms with Gasteiger partial charge in [-0.15, -0.1) is 0 Å². The fraction of sp³-hybridized carbons (Fsp3) is 0.571. The molecular weight excluding hydrogens is 310 g/mol. The highest BCUT2D eigenvalue weighted by atomic mass is 32.2. The molecule has 2 unspecified atom stereocenters. The van der Waals surface area contributed by atoms with Crippen LogP contribution in [0.25, 0.3) is 0 Å². The molecule has 0 aliphatic rings. The second-order valence-corrected chi connectivity index (χ2v) is 8.91. The van der Waals surface area contributed by atoms with E-state index in [-0.39, 0.29) is 17.5 Å². The third kappa shape index (κ3) is 6.15. The number of hydrogen-bond acceptors (Lipinski definition) is 5. The quantitative estimate of drug-likeness (QED) is 0.770. The molecule has 120 valence electrons. The second kappa shape index (κ2) is 7.91. The van der Waals surface area contributed by atoms with E-state index in [4.69, 9.17) is 4.74 Å². The first-order valence-corrected chi connectivity index (χ1v) is 10.2. The summed E-state index contributed by atoms with van der Waals surface area (Å²) in [7, 11) is -0.904. The van der Waals surface area contributed by atoms with Gasteiger partial charge in [0.25, 0.3) is 0 Å². The molecule has 0 heterocycles. The van der Waals surface area contributed by atoms with Crippen LogP contribution in [0.2, 0.25) is 0 Å². The van der Waals surface area contributed by atoms with Gasteiger partial charge in [0.15, 0.2) is 0 Å². The molecule has 0 saturated carbocycles. The summed E-state index contributed by atoms with van der Waals surface area (Å²) in [6.07, 6.45) is 1.16. The third-order valence-corrected chi connectivity index (χ3v) is 5.71. The van der Waals surface area contributed by atoms with E-state index in [1.165, 1.54) is 0 Å². The van der Waals surface area contributed by atoms with Crippen LogP contribution in [0.1, 0.15) is 17.2 Å². The minimum Gasteiger partial charge on any atom is -0.496 e. The molecule has 1 aromatic rings. The molecule has 0 bridgehead atoms. The Labute approximate surface area is 129 Å². The molecule has 0 aliphatic carbocycles. The van der Waals surface area contributed by atoms with Crippen LogP contribution in [0, 0.1) is 6.92 Å². The van der Waals surface area contributed by atoms with Gasteiger partial charge in [0, 0.05) is 40.2 Å². The number of rotatable bonds is 8. The molecule has 1 aromatic carbocycles. The van der Waals surface area contributed by atoms with Crippen molar-refractivity contribution >= 4 is 20.6 Å². The topological polar surface area (TPSA) is 72.5 Å². The normalized spacial score (nSPS) is 14.7. The van der Waals surface area contributed by atoms with Gasteiger partial charge in [0.2, 0.25) is 0 Å². The zero-order valence-corrected chi connectivity index (χ0v) is 14.5. The maximum atomic E-state index is 12.1. The monoisotopic (exact) mass is 333 g/mol. The predicted octanol–water partition coefficient (Wildman–Crippen LogP) is 1.06. The Hall–Kier alpha value is -0.920. The van der Waals surface area contributed by atoms with Crippen molar-refractivity contribution in [3.63, 3.8) is 0 Å². The average Bonchev–Trinajstić information content (AvgIpc) is 2.41. The SMILES string of the molecule is CNC(CS(=O)CCS(C)(=O)=O)c1cc(C)ccc1OC. The number of sulfone groups is 1. The number of methoxy groups -OCH3 is 1. The largest absolute Gasteiger partial charge is 0.496 e. The van der Waals surface area contributed by atoms with Gasteiger partial charge in [-0.25, -0.2) is 8.42 Å². The molecule has 0 saturated heterocycles. The van der Waals surface area contributed by atoms with Crippen molar-refractivity contribution in [3.05, 3.63) is 29.3 Å². The Morgan fingerprint density at radius 3 is 2.57 bits per heavy atom. The number of hydrogen-bond donors (Lipinski definition) is 1. The molecule has 5 nitrogen and oxygen atoms in total. The van der Waals surface area contributed by atoms with Crippen LogP contribution in [0.3, 0.4) is 0 Å². The van der Waals surface area contributed by atoms with Gasteiger partial charge < -0.3 is 10.1 Å². The molecule has 0 aliphatic heterocycles. The lowest BCUT2D eigenvalue weighted by Gasteiger charge is -2.19. The van der Waals surface area contributed by atoms with E-state index in [0.717, 1.165) is 23.1 Å². The van der Waals surface area contributed by atoms with Gasteiger partial charge in [0.1, 0.15) is 15.6 Å². The van der Waals surface area contributed by atoms with Gasteiger partial charge in [-0.3, -0.25) is 4.21 Å². The zero-order chi connectivity index (χ0) is 16.0. The van der Waals surface area contributed by atoms with Crippen LogP contribution < -0.4 is 10.1 Å². The Kier molecular flexibility index (Phi) is 6.83. The van der Waals surface area contributed by atoms with Gasteiger partial charge in [-0.05, 0) is 20.0 Å². The van der Waals surface area contributed by atoms with Gasteiger partial charge in [-0.2, -0.15) is 0 Å². The average molecular weight is 333 g/mol. The minimum atomic E-state index is -3.08. The van der Waals surface area contributed by atoms with Crippen LogP contribution in [-0.2, 0) is 20.6 Å². The first-order chi connectivity index (χ1) is 9.76. The highest BCUT2D eigenvalue weighted by molar-refractivity contribution is 7.92. The van der Waals surface area contributed by atoms with Crippen molar-refractivity contribution < 1.29 is 17.4 Å². The minimum absolute atomic E-state index is 0.0546. The smallest absolute Gasteiger partial charge is 0.148 e. The van der Waals surface area contributed by atoms with Crippen molar-refractivity contribution in [3.8, 4) is 5.75 Å². The van der Waals surface area contributed by atoms with Crippen LogP contribution in [-0.4, -0.2) is 50.3 Å². The molecule has 7 heteroatoms. The number of nitrogens with one attached hydrogen (secondary N) is 1. The summed E-state index contributed by atoms with van der Waals surface area (Å²) >= 11 is 0. The highest BCUT2D eigenvalue weighted by Gasteiger charge is 2.18. The molecule has 0 fully saturated rings. The summed E-state index contributed by atoms with van der Waals surface area (Å²) in [4.78, 5) is 0. The summed E-state index contributed by atoms with van der Waals surface area (Å²) in [5.74, 6) is 1.19. The van der Waals surface area contributed by atoms with E-state index in [1.54, 1.807) is 14.2 Å². The Morgan fingerprint density at radius 2 is 2.05 bits per heavy atom.